The highest BCUT2D eigenvalue weighted by Crippen LogP contribution is 2.18. The van der Waals surface area contributed by atoms with Gasteiger partial charge in [0.15, 0.2) is 0 Å². The Kier molecular flexibility index (Phi) is 10.1. The zero-order chi connectivity index (χ0) is 25.8. The Labute approximate surface area is 226 Å². The topological polar surface area (TPSA) is 84.9 Å². The predicted molar refractivity (Wildman–Crippen MR) is 152 cm³/mol. The van der Waals surface area contributed by atoms with Crippen LogP contribution >= 0.6 is 0 Å². The first-order valence-electron chi connectivity index (χ1n) is 14.3. The Morgan fingerprint density at radius 3 is 0.947 bits per heavy atom. The summed E-state index contributed by atoms with van der Waals surface area (Å²) in [5.74, 6) is 0. The molecule has 200 valence electrons. The van der Waals surface area contributed by atoms with Gasteiger partial charge in [0.2, 0.25) is 0 Å². The first kappa shape index (κ1) is 26.8. The second kappa shape index (κ2) is 14.4. The molecule has 1 aliphatic rings. The van der Waals surface area contributed by atoms with Crippen LogP contribution in [-0.2, 0) is 35.7 Å². The van der Waals surface area contributed by atoms with Gasteiger partial charge in [-0.25, -0.2) is 0 Å². The molecule has 0 fully saturated rings. The van der Waals surface area contributed by atoms with Crippen LogP contribution < -0.4 is 21.3 Å². The molecule has 6 nitrogen and oxygen atoms in total. The largest absolute Gasteiger partial charge is 0.370 e. The number of ether oxygens (including phenoxy) is 2. The quantitative estimate of drug-likeness (QED) is 0.265. The third-order valence-electron chi connectivity index (χ3n) is 7.32. The van der Waals surface area contributed by atoms with Gasteiger partial charge in [-0.05, 0) is 45.8 Å². The van der Waals surface area contributed by atoms with Gasteiger partial charge >= 0.3 is 0 Å². The number of nitrogens with two attached hydrogens (primary N) is 4. The van der Waals surface area contributed by atoms with Crippen LogP contribution in [0.2, 0.25) is 0 Å². The van der Waals surface area contributed by atoms with Crippen LogP contribution in [0.3, 0.4) is 0 Å². The van der Waals surface area contributed by atoms with Gasteiger partial charge in [0.25, 0.3) is 0 Å². The summed E-state index contributed by atoms with van der Waals surface area (Å²) in [7, 11) is 0. The predicted octanol–water partition coefficient (Wildman–Crippen LogP) is -0.00640. The van der Waals surface area contributed by atoms with Crippen molar-refractivity contribution in [2.24, 2.45) is 0 Å². The SMILES string of the molecule is c1cc2ccc3cc2cc1C[NH2+]CCOCC[NH2+]Cc1ccc2ccc(cc2c1)C[NH2+]CCOCC[NH2+]C3. The van der Waals surface area contributed by atoms with E-state index < -0.39 is 0 Å². The second-order valence-corrected chi connectivity index (χ2v) is 10.4. The minimum Gasteiger partial charge on any atom is -0.370 e. The molecule has 0 spiro atoms. The van der Waals surface area contributed by atoms with Crippen LogP contribution in [0.1, 0.15) is 22.3 Å². The average molecular weight is 517 g/mol. The summed E-state index contributed by atoms with van der Waals surface area (Å²) in [6, 6.07) is 27.4. The molecule has 0 aromatic heterocycles. The van der Waals surface area contributed by atoms with Crippen molar-refractivity contribution in [3.63, 3.8) is 0 Å². The fourth-order valence-corrected chi connectivity index (χ4v) is 5.14. The molecule has 4 aromatic rings. The van der Waals surface area contributed by atoms with E-state index in [-0.39, 0.29) is 0 Å². The second-order valence-electron chi connectivity index (χ2n) is 10.4. The van der Waals surface area contributed by atoms with Crippen molar-refractivity contribution < 1.29 is 30.7 Å². The van der Waals surface area contributed by atoms with E-state index in [1.807, 2.05) is 0 Å². The lowest BCUT2D eigenvalue weighted by molar-refractivity contribution is -0.678. The molecule has 0 aliphatic carbocycles. The molecule has 38 heavy (non-hydrogen) atoms. The number of hydrogen-bond acceptors (Lipinski definition) is 2. The molecule has 1 heterocycles. The molecule has 0 saturated heterocycles. The van der Waals surface area contributed by atoms with E-state index in [4.69, 9.17) is 9.47 Å². The molecule has 1 aliphatic heterocycles. The van der Waals surface area contributed by atoms with Crippen molar-refractivity contribution in [2.45, 2.75) is 26.2 Å². The summed E-state index contributed by atoms with van der Waals surface area (Å²) in [4.78, 5) is 0. The van der Waals surface area contributed by atoms with Gasteiger partial charge < -0.3 is 30.7 Å². The molecule has 6 bridgehead atoms. The van der Waals surface area contributed by atoms with Crippen molar-refractivity contribution >= 4 is 21.5 Å². The van der Waals surface area contributed by atoms with Crippen molar-refractivity contribution in [1.82, 2.24) is 0 Å². The summed E-state index contributed by atoms with van der Waals surface area (Å²) < 4.78 is 11.8. The Morgan fingerprint density at radius 1 is 0.368 bits per heavy atom. The summed E-state index contributed by atoms with van der Waals surface area (Å²) in [6.45, 7) is 11.1. The highest BCUT2D eigenvalue weighted by molar-refractivity contribution is 5.84. The number of hydrogen-bond donors (Lipinski definition) is 4. The molecule has 6 heteroatoms. The summed E-state index contributed by atoms with van der Waals surface area (Å²) in [5, 5.41) is 14.7. The van der Waals surface area contributed by atoms with Crippen molar-refractivity contribution in [3.8, 4) is 0 Å². The van der Waals surface area contributed by atoms with Crippen LogP contribution in [0.25, 0.3) is 21.5 Å². The number of fused-ring (bicyclic) bond motifs is 4. The van der Waals surface area contributed by atoms with Gasteiger partial charge in [-0.3, -0.25) is 0 Å². The standard InChI is InChI=1S/C32H40N4O2/c1-5-29-6-2-26-18-31(29)17-25(1)21-33-9-13-37-14-10-35-23-27-3-7-30-8-4-28(20-32(30)19-27)24-36-12-16-38-15-11-34-22-26/h1-8,17-20,33-36H,9-16,21-24H2/p+4. The van der Waals surface area contributed by atoms with Crippen molar-refractivity contribution in [1.29, 1.82) is 0 Å². The van der Waals surface area contributed by atoms with Crippen LogP contribution in [0.15, 0.2) is 72.8 Å². The Bertz CT molecular complexity index is 1120. The van der Waals surface area contributed by atoms with Gasteiger partial charge in [0.1, 0.15) is 26.2 Å². The lowest BCUT2D eigenvalue weighted by Gasteiger charge is -2.08. The first-order chi connectivity index (χ1) is 18.8. The normalized spacial score (nSPS) is 17.7. The maximum absolute atomic E-state index is 5.89. The molecule has 4 aromatic carbocycles. The van der Waals surface area contributed by atoms with Crippen molar-refractivity contribution in [3.05, 3.63) is 95.1 Å². The number of benzene rings is 4. The third kappa shape index (κ3) is 8.08. The molecule has 0 radical (unpaired) electrons. The maximum Gasteiger partial charge on any atom is 0.101 e. The first-order valence-corrected chi connectivity index (χ1v) is 14.3. The summed E-state index contributed by atoms with van der Waals surface area (Å²) in [5.41, 5.74) is 5.47. The van der Waals surface area contributed by atoms with Gasteiger partial charge in [-0.1, -0.05) is 48.5 Å². The van der Waals surface area contributed by atoms with E-state index >= 15 is 0 Å². The maximum atomic E-state index is 5.89. The van der Waals surface area contributed by atoms with Crippen LogP contribution in [0.5, 0.6) is 0 Å². The smallest absolute Gasteiger partial charge is 0.101 e. The van der Waals surface area contributed by atoms with Crippen molar-refractivity contribution in [2.75, 3.05) is 52.6 Å². The molecule has 8 N–H and O–H groups in total. The Balaban J connectivity index is 1.17. The minimum absolute atomic E-state index is 0.793. The number of rotatable bonds is 0. The van der Waals surface area contributed by atoms with E-state index in [0.717, 1.165) is 78.8 Å². The monoisotopic (exact) mass is 516 g/mol. The average Bonchev–Trinajstić information content (AvgIpc) is 2.94. The highest BCUT2D eigenvalue weighted by atomic mass is 16.5. The van der Waals surface area contributed by atoms with E-state index in [2.05, 4.69) is 94.1 Å². The van der Waals surface area contributed by atoms with Gasteiger partial charge in [-0.2, -0.15) is 0 Å². The number of quaternary nitrogens is 4. The zero-order valence-electron chi connectivity index (χ0n) is 22.5. The summed E-state index contributed by atoms with van der Waals surface area (Å²) >= 11 is 0. The molecule has 5 rings (SSSR count). The lowest BCUT2D eigenvalue weighted by Crippen LogP contribution is -2.84. The third-order valence-corrected chi connectivity index (χ3v) is 7.32. The Morgan fingerprint density at radius 2 is 0.658 bits per heavy atom. The van der Waals surface area contributed by atoms with Crippen LogP contribution in [0, 0.1) is 0 Å². The van der Waals surface area contributed by atoms with Crippen LogP contribution in [0.4, 0.5) is 0 Å². The molecule has 0 atom stereocenters. The van der Waals surface area contributed by atoms with Crippen LogP contribution in [-0.4, -0.2) is 52.6 Å². The molecular weight excluding hydrogens is 472 g/mol. The molecule has 0 unspecified atom stereocenters. The highest BCUT2D eigenvalue weighted by Gasteiger charge is 2.05. The van der Waals surface area contributed by atoms with E-state index in [9.17, 15) is 0 Å². The molecular formula is C32H44N4O2+4. The minimum atomic E-state index is 0.793. The Hall–Kier alpha value is -2.84. The summed E-state index contributed by atoms with van der Waals surface area (Å²) in [6.07, 6.45) is 0. The molecule has 0 saturated carbocycles. The molecule has 0 amide bonds. The van der Waals surface area contributed by atoms with E-state index in [0.29, 0.717) is 0 Å². The van der Waals surface area contributed by atoms with Gasteiger partial charge in [0.05, 0.1) is 52.6 Å². The van der Waals surface area contributed by atoms with E-state index in [1.54, 1.807) is 0 Å². The lowest BCUT2D eigenvalue weighted by atomic mass is 10.0. The zero-order valence-corrected chi connectivity index (χ0v) is 22.5. The fraction of sp³-hybridized carbons (Fsp3) is 0.375. The van der Waals surface area contributed by atoms with E-state index in [1.165, 1.54) is 43.8 Å². The van der Waals surface area contributed by atoms with Gasteiger partial charge in [-0.15, -0.1) is 0 Å². The van der Waals surface area contributed by atoms with Gasteiger partial charge in [0, 0.05) is 22.3 Å². The fourth-order valence-electron chi connectivity index (χ4n) is 5.14.